The maximum atomic E-state index is 9.28. The third-order valence-electron chi connectivity index (χ3n) is 1.33. The Kier molecular flexibility index (Phi) is 2.51. The Hall–Kier alpha value is -0.280. The van der Waals surface area contributed by atoms with Crippen molar-refractivity contribution in [2.75, 3.05) is 0 Å². The van der Waals surface area contributed by atoms with Crippen molar-refractivity contribution in [3.05, 3.63) is 22.6 Å². The lowest BCUT2D eigenvalue weighted by atomic mass is 10.2. The van der Waals surface area contributed by atoms with Crippen molar-refractivity contribution in [1.29, 1.82) is 0 Å². The summed E-state index contributed by atoms with van der Waals surface area (Å²) in [7, 11) is 0. The molecule has 0 saturated heterocycles. The average molecular weight is 205 g/mol. The van der Waals surface area contributed by atoms with Gasteiger partial charge in [-0.05, 0) is 28.4 Å². The second-order valence-electron chi connectivity index (χ2n) is 2.06. The molecule has 0 bridgehead atoms. The first-order chi connectivity index (χ1) is 4.75. The second-order valence-corrected chi connectivity index (χ2v) is 2.91. The zero-order valence-corrected chi connectivity index (χ0v) is 7.26. The van der Waals surface area contributed by atoms with Gasteiger partial charge in [0.05, 0.1) is 10.7 Å². The van der Waals surface area contributed by atoms with Gasteiger partial charge < -0.3 is 9.52 Å². The summed E-state index contributed by atoms with van der Waals surface area (Å²) in [6.45, 7) is 1.90. The topological polar surface area (TPSA) is 33.4 Å². The number of rotatable bonds is 2. The molecule has 1 aromatic heterocycles. The van der Waals surface area contributed by atoms with E-state index in [0.29, 0.717) is 12.2 Å². The van der Waals surface area contributed by atoms with E-state index in [1.165, 1.54) is 0 Å². The summed E-state index contributed by atoms with van der Waals surface area (Å²) >= 11 is 3.25. The third-order valence-corrected chi connectivity index (χ3v) is 1.99. The predicted octanol–water partition coefficient (Wildman–Crippen LogP) is 2.49. The van der Waals surface area contributed by atoms with E-state index in [-0.39, 0.29) is 0 Å². The minimum Gasteiger partial charge on any atom is -0.465 e. The molecule has 0 aromatic carbocycles. The molecule has 2 nitrogen and oxygen atoms in total. The zero-order valence-electron chi connectivity index (χ0n) is 5.67. The van der Waals surface area contributed by atoms with Gasteiger partial charge >= 0.3 is 0 Å². The zero-order chi connectivity index (χ0) is 7.56. The molecule has 1 rings (SSSR count). The maximum Gasteiger partial charge on any atom is 0.146 e. The number of hydrogen-bond donors (Lipinski definition) is 1. The summed E-state index contributed by atoms with van der Waals surface area (Å²) in [6.07, 6.45) is 1.74. The summed E-state index contributed by atoms with van der Waals surface area (Å²) in [5.74, 6) is 0.613. The van der Waals surface area contributed by atoms with Gasteiger partial charge in [0, 0.05) is 0 Å². The van der Waals surface area contributed by atoms with Crippen molar-refractivity contribution in [1.82, 2.24) is 0 Å². The second kappa shape index (κ2) is 3.21. The monoisotopic (exact) mass is 204 g/mol. The largest absolute Gasteiger partial charge is 0.465 e. The van der Waals surface area contributed by atoms with E-state index in [1.54, 1.807) is 12.3 Å². The molecule has 1 heterocycles. The van der Waals surface area contributed by atoms with Crippen LogP contribution in [-0.2, 0) is 0 Å². The van der Waals surface area contributed by atoms with Gasteiger partial charge in [-0.25, -0.2) is 0 Å². The number of aliphatic hydroxyl groups is 1. The minimum absolute atomic E-state index is 0.482. The van der Waals surface area contributed by atoms with E-state index in [1.807, 2.05) is 6.92 Å². The molecule has 0 aliphatic rings. The molecule has 1 N–H and O–H groups in total. The minimum atomic E-state index is -0.482. The Labute approximate surface area is 68.0 Å². The lowest BCUT2D eigenvalue weighted by Crippen LogP contribution is -1.92. The molecule has 0 aliphatic carbocycles. The van der Waals surface area contributed by atoms with Crippen LogP contribution in [-0.4, -0.2) is 5.11 Å². The first-order valence-electron chi connectivity index (χ1n) is 3.16. The van der Waals surface area contributed by atoms with Crippen molar-refractivity contribution < 1.29 is 9.52 Å². The van der Waals surface area contributed by atoms with Gasteiger partial charge in [-0.2, -0.15) is 0 Å². The lowest BCUT2D eigenvalue weighted by Gasteiger charge is -2.02. The molecular formula is C7H9BrO2. The Morgan fingerprint density at radius 1 is 1.80 bits per heavy atom. The Balaban J connectivity index is 2.82. The third kappa shape index (κ3) is 1.41. The number of furan rings is 1. The van der Waals surface area contributed by atoms with E-state index in [0.717, 1.165) is 4.47 Å². The van der Waals surface area contributed by atoms with Gasteiger partial charge in [0.15, 0.2) is 0 Å². The van der Waals surface area contributed by atoms with E-state index in [2.05, 4.69) is 15.9 Å². The van der Waals surface area contributed by atoms with E-state index >= 15 is 0 Å². The predicted molar refractivity (Wildman–Crippen MR) is 41.7 cm³/mol. The molecule has 10 heavy (non-hydrogen) atoms. The van der Waals surface area contributed by atoms with Crippen LogP contribution in [0, 0.1) is 0 Å². The average Bonchev–Trinajstić information content (AvgIpc) is 2.34. The van der Waals surface area contributed by atoms with Crippen molar-refractivity contribution >= 4 is 15.9 Å². The van der Waals surface area contributed by atoms with Crippen molar-refractivity contribution in [3.63, 3.8) is 0 Å². The summed E-state index contributed by atoms with van der Waals surface area (Å²) in [5, 5.41) is 9.28. The summed E-state index contributed by atoms with van der Waals surface area (Å²) in [6, 6.07) is 1.77. The van der Waals surface area contributed by atoms with Crippen LogP contribution in [0.2, 0.25) is 0 Å². The van der Waals surface area contributed by atoms with Gasteiger partial charge in [-0.1, -0.05) is 6.92 Å². The molecule has 1 aromatic rings. The fourth-order valence-corrected chi connectivity index (χ4v) is 1.19. The van der Waals surface area contributed by atoms with E-state index in [9.17, 15) is 5.11 Å². The van der Waals surface area contributed by atoms with Crippen LogP contribution in [0.5, 0.6) is 0 Å². The SMILES string of the molecule is CC[C@H](O)c1occc1Br. The van der Waals surface area contributed by atoms with E-state index < -0.39 is 6.10 Å². The van der Waals surface area contributed by atoms with Crippen molar-refractivity contribution in [2.24, 2.45) is 0 Å². The van der Waals surface area contributed by atoms with E-state index in [4.69, 9.17) is 4.42 Å². The van der Waals surface area contributed by atoms with Crippen LogP contribution >= 0.6 is 15.9 Å². The first-order valence-corrected chi connectivity index (χ1v) is 3.96. The van der Waals surface area contributed by atoms with Gasteiger partial charge in [0.25, 0.3) is 0 Å². The van der Waals surface area contributed by atoms with Crippen molar-refractivity contribution in [3.8, 4) is 0 Å². The molecule has 56 valence electrons. The molecule has 0 aliphatic heterocycles. The lowest BCUT2D eigenvalue weighted by molar-refractivity contribution is 0.145. The highest BCUT2D eigenvalue weighted by atomic mass is 79.9. The highest BCUT2D eigenvalue weighted by Crippen LogP contribution is 2.25. The highest BCUT2D eigenvalue weighted by molar-refractivity contribution is 9.10. The van der Waals surface area contributed by atoms with Crippen LogP contribution in [0.1, 0.15) is 25.2 Å². The van der Waals surface area contributed by atoms with Gasteiger partial charge in [-0.3, -0.25) is 0 Å². The first kappa shape index (κ1) is 7.82. The smallest absolute Gasteiger partial charge is 0.146 e. The molecule has 0 radical (unpaired) electrons. The molecule has 0 unspecified atom stereocenters. The molecule has 0 saturated carbocycles. The molecule has 0 fully saturated rings. The Bertz CT molecular complexity index is 207. The van der Waals surface area contributed by atoms with Crippen LogP contribution in [0.25, 0.3) is 0 Å². The van der Waals surface area contributed by atoms with Gasteiger partial charge in [0.1, 0.15) is 11.9 Å². The van der Waals surface area contributed by atoms with Crippen molar-refractivity contribution in [2.45, 2.75) is 19.4 Å². The quantitative estimate of drug-likeness (QED) is 0.804. The van der Waals surface area contributed by atoms with Crippen LogP contribution in [0.4, 0.5) is 0 Å². The number of aliphatic hydroxyl groups excluding tert-OH is 1. The standard InChI is InChI=1S/C7H9BrO2/c1-2-6(9)7-5(8)3-4-10-7/h3-4,6,9H,2H2,1H3/t6-/m0/s1. The summed E-state index contributed by atoms with van der Waals surface area (Å²) in [4.78, 5) is 0. The Morgan fingerprint density at radius 3 is 2.90 bits per heavy atom. The molecule has 0 spiro atoms. The normalized spacial score (nSPS) is 13.5. The highest BCUT2D eigenvalue weighted by Gasteiger charge is 2.11. The fourth-order valence-electron chi connectivity index (χ4n) is 0.729. The van der Waals surface area contributed by atoms with Gasteiger partial charge in [0.2, 0.25) is 0 Å². The summed E-state index contributed by atoms with van der Waals surface area (Å²) < 4.78 is 5.86. The molecule has 1 atom stereocenters. The summed E-state index contributed by atoms with van der Waals surface area (Å²) in [5.41, 5.74) is 0. The molecular weight excluding hydrogens is 196 g/mol. The maximum absolute atomic E-state index is 9.28. The van der Waals surface area contributed by atoms with Crippen LogP contribution < -0.4 is 0 Å². The number of halogens is 1. The number of hydrogen-bond acceptors (Lipinski definition) is 2. The van der Waals surface area contributed by atoms with Crippen LogP contribution in [0.3, 0.4) is 0 Å². The molecule has 3 heteroatoms. The fraction of sp³-hybridized carbons (Fsp3) is 0.429. The van der Waals surface area contributed by atoms with Gasteiger partial charge in [-0.15, -0.1) is 0 Å². The van der Waals surface area contributed by atoms with Crippen LogP contribution in [0.15, 0.2) is 21.2 Å². The Morgan fingerprint density at radius 2 is 2.50 bits per heavy atom. The molecule has 0 amide bonds.